The molecule has 0 aliphatic heterocycles. The fraction of sp³-hybridized carbons (Fsp3) is 0.429. The molecule has 1 aromatic heterocycles. The number of hydrogen-bond donors (Lipinski definition) is 1. The molecular weight excluding hydrogens is 261 g/mol. The molecule has 0 aliphatic carbocycles. The van der Waals surface area contributed by atoms with Crippen LogP contribution in [0.5, 0.6) is 0 Å². The summed E-state index contributed by atoms with van der Waals surface area (Å²) in [5, 5.41) is 3.35. The monoisotopic (exact) mass is 279 g/mol. The van der Waals surface area contributed by atoms with Gasteiger partial charge in [0.15, 0.2) is 0 Å². The third-order valence-electron chi connectivity index (χ3n) is 3.04. The fourth-order valence-electron chi connectivity index (χ4n) is 2.23. The molecule has 0 fully saturated rings. The van der Waals surface area contributed by atoms with Crippen LogP contribution >= 0.6 is 11.7 Å². The molecule has 1 atom stereocenters. The van der Waals surface area contributed by atoms with Gasteiger partial charge in [-0.15, -0.1) is 0 Å². The average Bonchev–Trinajstić information content (AvgIpc) is 2.85. The van der Waals surface area contributed by atoms with E-state index in [1.807, 2.05) is 19.9 Å². The third-order valence-corrected chi connectivity index (χ3v) is 3.53. The Kier molecular flexibility index (Phi) is 4.61. The second-order valence-corrected chi connectivity index (χ2v) is 5.25. The van der Waals surface area contributed by atoms with Gasteiger partial charge in [-0.2, -0.15) is 8.75 Å². The molecule has 0 saturated carbocycles. The predicted molar refractivity (Wildman–Crippen MR) is 75.9 cm³/mol. The molecule has 102 valence electrons. The third kappa shape index (κ3) is 3.16. The van der Waals surface area contributed by atoms with Crippen molar-refractivity contribution in [3.8, 4) is 0 Å². The quantitative estimate of drug-likeness (QED) is 0.911. The summed E-state index contributed by atoms with van der Waals surface area (Å²) in [5.74, 6) is -0.181. The second kappa shape index (κ2) is 6.21. The van der Waals surface area contributed by atoms with Crippen molar-refractivity contribution in [2.45, 2.75) is 33.2 Å². The van der Waals surface area contributed by atoms with E-state index < -0.39 is 0 Å². The van der Waals surface area contributed by atoms with Crippen molar-refractivity contribution in [2.24, 2.45) is 0 Å². The number of aryl methyl sites for hydroxylation is 2. The molecule has 0 amide bonds. The number of nitrogens with zero attached hydrogens (tertiary/aromatic N) is 2. The molecule has 0 spiro atoms. The average molecular weight is 279 g/mol. The van der Waals surface area contributed by atoms with Gasteiger partial charge >= 0.3 is 0 Å². The number of nitrogens with one attached hydrogen (secondary N) is 1. The van der Waals surface area contributed by atoms with Gasteiger partial charge < -0.3 is 5.32 Å². The lowest BCUT2D eigenvalue weighted by Crippen LogP contribution is -2.25. The van der Waals surface area contributed by atoms with Crippen molar-refractivity contribution in [1.29, 1.82) is 0 Å². The van der Waals surface area contributed by atoms with E-state index in [4.69, 9.17) is 0 Å². The molecule has 0 saturated heterocycles. The molecule has 0 bridgehead atoms. The van der Waals surface area contributed by atoms with Crippen molar-refractivity contribution in [3.63, 3.8) is 0 Å². The van der Waals surface area contributed by atoms with Gasteiger partial charge in [0.2, 0.25) is 0 Å². The standard InChI is InChI=1S/C14H18FN3S/c1-4-5-16-14(12-8-17-19-18-12)13-10(3)6-9(2)7-11(13)15/h6-8,14,16H,4-5H2,1-3H3. The smallest absolute Gasteiger partial charge is 0.128 e. The highest BCUT2D eigenvalue weighted by Crippen LogP contribution is 2.27. The van der Waals surface area contributed by atoms with E-state index in [1.165, 1.54) is 0 Å². The first-order chi connectivity index (χ1) is 9.13. The summed E-state index contributed by atoms with van der Waals surface area (Å²) in [4.78, 5) is 0. The van der Waals surface area contributed by atoms with Crippen LogP contribution in [0.2, 0.25) is 0 Å². The lowest BCUT2D eigenvalue weighted by Gasteiger charge is -2.20. The zero-order valence-corrected chi connectivity index (χ0v) is 12.2. The zero-order valence-electron chi connectivity index (χ0n) is 11.4. The Hall–Kier alpha value is -1.33. The van der Waals surface area contributed by atoms with Crippen molar-refractivity contribution in [1.82, 2.24) is 14.1 Å². The number of aromatic nitrogens is 2. The maximum atomic E-state index is 14.3. The second-order valence-electron chi connectivity index (χ2n) is 4.70. The zero-order chi connectivity index (χ0) is 13.8. The van der Waals surface area contributed by atoms with Crippen LogP contribution in [-0.4, -0.2) is 15.3 Å². The minimum absolute atomic E-state index is 0.181. The van der Waals surface area contributed by atoms with Gasteiger partial charge in [0.05, 0.1) is 29.7 Å². The van der Waals surface area contributed by atoms with E-state index in [9.17, 15) is 4.39 Å². The topological polar surface area (TPSA) is 37.8 Å². The fourth-order valence-corrected chi connectivity index (χ4v) is 2.68. The van der Waals surface area contributed by atoms with Crippen LogP contribution in [0, 0.1) is 19.7 Å². The summed E-state index contributed by atoms with van der Waals surface area (Å²) in [6, 6.07) is 3.35. The minimum Gasteiger partial charge on any atom is -0.305 e. The number of hydrogen-bond acceptors (Lipinski definition) is 4. The predicted octanol–water partition coefficient (Wildman–Crippen LogP) is 3.38. The molecule has 5 heteroatoms. The Bertz CT molecular complexity index is 517. The summed E-state index contributed by atoms with van der Waals surface area (Å²) in [6.45, 7) is 6.74. The normalized spacial score (nSPS) is 12.6. The highest BCUT2D eigenvalue weighted by atomic mass is 32.1. The van der Waals surface area contributed by atoms with E-state index in [0.717, 1.165) is 41.5 Å². The molecule has 1 aromatic carbocycles. The van der Waals surface area contributed by atoms with Crippen molar-refractivity contribution in [2.75, 3.05) is 6.54 Å². The van der Waals surface area contributed by atoms with E-state index in [-0.39, 0.29) is 11.9 Å². The SMILES string of the molecule is CCCNC(c1cnsn1)c1c(C)cc(C)cc1F. The summed E-state index contributed by atoms with van der Waals surface area (Å²) in [7, 11) is 0. The molecule has 19 heavy (non-hydrogen) atoms. The highest BCUT2D eigenvalue weighted by Gasteiger charge is 2.21. The Labute approximate surface area is 117 Å². The molecule has 1 N–H and O–H groups in total. The van der Waals surface area contributed by atoms with Gasteiger partial charge in [0.1, 0.15) is 5.82 Å². The lowest BCUT2D eigenvalue weighted by atomic mass is 9.96. The molecule has 1 heterocycles. The van der Waals surface area contributed by atoms with Crippen LogP contribution in [0.25, 0.3) is 0 Å². The molecule has 0 aliphatic rings. The highest BCUT2D eigenvalue weighted by molar-refractivity contribution is 6.99. The van der Waals surface area contributed by atoms with Gasteiger partial charge in [-0.3, -0.25) is 0 Å². The van der Waals surface area contributed by atoms with Crippen molar-refractivity contribution >= 4 is 11.7 Å². The summed E-state index contributed by atoms with van der Waals surface area (Å²) >= 11 is 1.15. The molecule has 1 unspecified atom stereocenters. The molecule has 0 radical (unpaired) electrons. The molecular formula is C14H18FN3S. The molecule has 2 rings (SSSR count). The van der Waals surface area contributed by atoms with Crippen LogP contribution in [-0.2, 0) is 0 Å². The largest absolute Gasteiger partial charge is 0.305 e. The Balaban J connectivity index is 2.44. The Morgan fingerprint density at radius 1 is 1.37 bits per heavy atom. The van der Waals surface area contributed by atoms with Gasteiger partial charge in [-0.05, 0) is 44.0 Å². The summed E-state index contributed by atoms with van der Waals surface area (Å²) < 4.78 is 22.6. The maximum absolute atomic E-state index is 14.3. The first-order valence-corrected chi connectivity index (χ1v) is 7.14. The van der Waals surface area contributed by atoms with Gasteiger partial charge in [0, 0.05) is 5.56 Å². The van der Waals surface area contributed by atoms with Gasteiger partial charge in [-0.25, -0.2) is 4.39 Å². The van der Waals surface area contributed by atoms with Crippen LogP contribution < -0.4 is 5.32 Å². The van der Waals surface area contributed by atoms with Gasteiger partial charge in [0.25, 0.3) is 0 Å². The van der Waals surface area contributed by atoms with E-state index in [2.05, 4.69) is 21.0 Å². The van der Waals surface area contributed by atoms with Crippen molar-refractivity contribution < 1.29 is 4.39 Å². The van der Waals surface area contributed by atoms with Gasteiger partial charge in [-0.1, -0.05) is 13.0 Å². The number of benzene rings is 1. The van der Waals surface area contributed by atoms with Crippen LogP contribution in [0.4, 0.5) is 4.39 Å². The van der Waals surface area contributed by atoms with Crippen LogP contribution in [0.3, 0.4) is 0 Å². The summed E-state index contributed by atoms with van der Waals surface area (Å²) in [5.41, 5.74) is 3.33. The van der Waals surface area contributed by atoms with E-state index >= 15 is 0 Å². The molecule has 2 aromatic rings. The number of halogens is 1. The van der Waals surface area contributed by atoms with Crippen LogP contribution in [0.1, 0.15) is 41.8 Å². The van der Waals surface area contributed by atoms with Crippen LogP contribution in [0.15, 0.2) is 18.3 Å². The Morgan fingerprint density at radius 3 is 2.74 bits per heavy atom. The first-order valence-electron chi connectivity index (χ1n) is 6.41. The first kappa shape index (κ1) is 14.1. The number of rotatable bonds is 5. The minimum atomic E-state index is -0.223. The molecule has 3 nitrogen and oxygen atoms in total. The van der Waals surface area contributed by atoms with E-state index in [1.54, 1.807) is 12.3 Å². The Morgan fingerprint density at radius 2 is 2.16 bits per heavy atom. The lowest BCUT2D eigenvalue weighted by molar-refractivity contribution is 0.538. The maximum Gasteiger partial charge on any atom is 0.128 e. The summed E-state index contributed by atoms with van der Waals surface area (Å²) in [6.07, 6.45) is 2.69. The van der Waals surface area contributed by atoms with E-state index in [0.29, 0.717) is 5.56 Å². The van der Waals surface area contributed by atoms with Crippen molar-refractivity contribution in [3.05, 3.63) is 46.5 Å².